The first-order valence-electron chi connectivity index (χ1n) is 12.6. The second-order valence-electron chi connectivity index (χ2n) is 9.78. The van der Waals surface area contributed by atoms with E-state index in [9.17, 15) is 9.59 Å². The number of rotatable bonds is 6. The summed E-state index contributed by atoms with van der Waals surface area (Å²) >= 11 is 0. The molecule has 4 aromatic rings. The number of hydrogen-bond donors (Lipinski definition) is 2. The summed E-state index contributed by atoms with van der Waals surface area (Å²) in [6.45, 7) is 0. The van der Waals surface area contributed by atoms with Gasteiger partial charge in [0.2, 0.25) is 5.91 Å². The van der Waals surface area contributed by atoms with E-state index < -0.39 is 0 Å². The molecule has 2 aliphatic rings. The van der Waals surface area contributed by atoms with Gasteiger partial charge in [-0.3, -0.25) is 9.59 Å². The van der Waals surface area contributed by atoms with Crippen LogP contribution in [0.2, 0.25) is 0 Å². The van der Waals surface area contributed by atoms with E-state index in [2.05, 4.69) is 27.4 Å². The van der Waals surface area contributed by atoms with Crippen LogP contribution in [0.3, 0.4) is 0 Å². The van der Waals surface area contributed by atoms with Crippen molar-refractivity contribution < 1.29 is 14.3 Å². The van der Waals surface area contributed by atoms with Crippen molar-refractivity contribution in [3.63, 3.8) is 0 Å². The van der Waals surface area contributed by atoms with Crippen LogP contribution in [0.4, 0.5) is 11.5 Å². The number of nitrogens with zero attached hydrogens (tertiary/aromatic N) is 4. The highest BCUT2D eigenvalue weighted by molar-refractivity contribution is 6.00. The highest BCUT2D eigenvalue weighted by Gasteiger charge is 2.44. The van der Waals surface area contributed by atoms with Gasteiger partial charge in [0.05, 0.1) is 24.2 Å². The van der Waals surface area contributed by atoms with Crippen LogP contribution in [0.15, 0.2) is 54.9 Å². The van der Waals surface area contributed by atoms with Gasteiger partial charge in [0.15, 0.2) is 5.65 Å². The molecule has 0 aliphatic heterocycles. The molecule has 9 heteroatoms. The molecule has 2 aliphatic carbocycles. The van der Waals surface area contributed by atoms with E-state index in [1.165, 1.54) is 11.9 Å². The Morgan fingerprint density at radius 3 is 2.65 bits per heavy atom. The summed E-state index contributed by atoms with van der Waals surface area (Å²) in [6.07, 6.45) is 4.79. The van der Waals surface area contributed by atoms with Crippen molar-refractivity contribution >= 4 is 34.2 Å². The van der Waals surface area contributed by atoms with Crippen molar-refractivity contribution in [1.82, 2.24) is 19.7 Å². The number of methoxy groups -OCH3 is 1. The lowest BCUT2D eigenvalue weighted by molar-refractivity contribution is -0.121. The smallest absolute Gasteiger partial charge is 0.228 e. The molecule has 0 radical (unpaired) electrons. The van der Waals surface area contributed by atoms with Gasteiger partial charge in [0.25, 0.3) is 0 Å². The predicted octanol–water partition coefficient (Wildman–Crippen LogP) is 4.51. The molecular weight excluding hydrogens is 468 g/mol. The van der Waals surface area contributed by atoms with E-state index in [0.29, 0.717) is 46.8 Å². The van der Waals surface area contributed by atoms with Crippen LogP contribution in [-0.4, -0.2) is 38.5 Å². The fourth-order valence-electron chi connectivity index (χ4n) is 5.34. The molecule has 2 heterocycles. The Labute approximate surface area is 214 Å². The van der Waals surface area contributed by atoms with Crippen LogP contribution < -0.4 is 15.8 Å². The fourth-order valence-corrected chi connectivity index (χ4v) is 5.34. The number of hydrogen-bond acceptors (Lipinski definition) is 7. The summed E-state index contributed by atoms with van der Waals surface area (Å²) in [7, 11) is 1.58. The number of aromatic nitrogens is 4. The molecule has 188 valence electrons. The average Bonchev–Trinajstić information content (AvgIpc) is 3.64. The zero-order valence-electron chi connectivity index (χ0n) is 20.6. The summed E-state index contributed by atoms with van der Waals surface area (Å²) < 4.78 is 7.53. The first-order valence-corrected chi connectivity index (χ1v) is 12.6. The van der Waals surface area contributed by atoms with Gasteiger partial charge in [-0.1, -0.05) is 36.4 Å². The third-order valence-corrected chi connectivity index (χ3v) is 7.46. The number of nitrogens with two attached hydrogens (primary N) is 1. The van der Waals surface area contributed by atoms with Gasteiger partial charge in [-0.25, -0.2) is 14.6 Å². The number of amides is 1. The van der Waals surface area contributed by atoms with E-state index >= 15 is 0 Å². The highest BCUT2D eigenvalue weighted by Crippen LogP contribution is 2.48. The second-order valence-corrected chi connectivity index (χ2v) is 9.78. The van der Waals surface area contributed by atoms with Gasteiger partial charge in [-0.05, 0) is 42.9 Å². The zero-order valence-corrected chi connectivity index (χ0v) is 20.6. The van der Waals surface area contributed by atoms with Gasteiger partial charge in [0, 0.05) is 24.3 Å². The van der Waals surface area contributed by atoms with Crippen LogP contribution in [0.5, 0.6) is 5.75 Å². The van der Waals surface area contributed by atoms with Crippen LogP contribution >= 0.6 is 0 Å². The molecule has 2 atom stereocenters. The van der Waals surface area contributed by atoms with Crippen LogP contribution in [-0.2, 0) is 9.59 Å². The van der Waals surface area contributed by atoms with Gasteiger partial charge in [-0.15, -0.1) is 0 Å². The van der Waals surface area contributed by atoms with E-state index in [1.54, 1.807) is 7.11 Å². The molecule has 2 aromatic carbocycles. The summed E-state index contributed by atoms with van der Waals surface area (Å²) in [6, 6.07) is 15.8. The number of fused-ring (bicyclic) bond motifs is 1. The predicted molar refractivity (Wildman–Crippen MR) is 140 cm³/mol. The third-order valence-electron chi connectivity index (χ3n) is 7.46. The lowest BCUT2D eigenvalue weighted by Gasteiger charge is -2.21. The molecule has 0 spiro atoms. The lowest BCUT2D eigenvalue weighted by atomic mass is 9.94. The minimum atomic E-state index is -0.0502. The third kappa shape index (κ3) is 4.30. The maximum atomic E-state index is 13.0. The minimum Gasteiger partial charge on any atom is -0.495 e. The molecule has 1 amide bonds. The van der Waals surface area contributed by atoms with Gasteiger partial charge in [-0.2, -0.15) is 5.10 Å². The summed E-state index contributed by atoms with van der Waals surface area (Å²) in [5.74, 6) is 1.34. The van der Waals surface area contributed by atoms with Gasteiger partial charge in [0.1, 0.15) is 29.4 Å². The van der Waals surface area contributed by atoms with Crippen molar-refractivity contribution in [3.8, 4) is 17.0 Å². The fraction of sp³-hybridized carbons (Fsp3) is 0.321. The molecule has 2 fully saturated rings. The van der Waals surface area contributed by atoms with Crippen LogP contribution in [0, 0.1) is 5.92 Å². The molecule has 0 bridgehead atoms. The van der Waals surface area contributed by atoms with Crippen LogP contribution in [0.1, 0.15) is 49.6 Å². The minimum absolute atomic E-state index is 0.0147. The normalized spacial score (nSPS) is 19.6. The zero-order chi connectivity index (χ0) is 25.5. The maximum absolute atomic E-state index is 13.0. The average molecular weight is 497 g/mol. The van der Waals surface area contributed by atoms with E-state index in [1.807, 2.05) is 41.1 Å². The number of Topliss-reactive ketones (excluding diaryl/α,β-unsaturated/α-hetero) is 1. The molecular formula is C28H28N6O3. The number of nitrogen functional groups attached to an aromatic ring is 1. The second kappa shape index (κ2) is 9.31. The first kappa shape index (κ1) is 23.1. The van der Waals surface area contributed by atoms with Gasteiger partial charge >= 0.3 is 0 Å². The molecule has 0 saturated heterocycles. The standard InChI is InChI=1S/C28H28N6O3/c1-37-23-13-17(7-12-22(23)32-28(36)21-14-20(21)16-5-3-2-4-6-16)25-24-26(29)30-15-31-27(24)34(33-25)18-8-10-19(35)11-9-18/h2-7,12-13,15,18,20-21H,8-11,14H2,1H3,(H,32,36)(H2,29,30,31)/t20-,21+/m0/s1. The molecule has 0 unspecified atom stereocenters. The Bertz CT molecular complexity index is 1490. The number of ether oxygens (including phenoxy) is 1. The number of nitrogens with one attached hydrogen (secondary N) is 1. The number of anilines is 2. The number of ketones is 1. The van der Waals surface area contributed by atoms with E-state index in [-0.39, 0.29) is 29.6 Å². The molecule has 2 saturated carbocycles. The van der Waals surface area contributed by atoms with Crippen molar-refractivity contribution in [2.24, 2.45) is 5.92 Å². The largest absolute Gasteiger partial charge is 0.495 e. The summed E-state index contributed by atoms with van der Waals surface area (Å²) in [4.78, 5) is 33.4. The van der Waals surface area contributed by atoms with Crippen molar-refractivity contribution in [3.05, 3.63) is 60.4 Å². The number of carbonyl (C=O) groups is 2. The topological polar surface area (TPSA) is 125 Å². The van der Waals surface area contributed by atoms with Gasteiger partial charge < -0.3 is 15.8 Å². The molecule has 2 aromatic heterocycles. The van der Waals surface area contributed by atoms with Crippen molar-refractivity contribution in [2.45, 2.75) is 44.1 Å². The molecule has 9 nitrogen and oxygen atoms in total. The summed E-state index contributed by atoms with van der Waals surface area (Å²) in [5.41, 5.74) is 10.2. The van der Waals surface area contributed by atoms with Crippen molar-refractivity contribution in [1.29, 1.82) is 0 Å². The molecule has 3 N–H and O–H groups in total. The van der Waals surface area contributed by atoms with Crippen molar-refractivity contribution in [2.75, 3.05) is 18.2 Å². The Morgan fingerprint density at radius 2 is 1.89 bits per heavy atom. The number of benzene rings is 2. The molecule has 6 rings (SSSR count). The van der Waals surface area contributed by atoms with E-state index in [0.717, 1.165) is 24.8 Å². The molecule has 37 heavy (non-hydrogen) atoms. The first-order chi connectivity index (χ1) is 18.0. The quantitative estimate of drug-likeness (QED) is 0.402. The monoisotopic (exact) mass is 496 g/mol. The van der Waals surface area contributed by atoms with E-state index in [4.69, 9.17) is 15.6 Å². The number of carbonyl (C=O) groups excluding carboxylic acids is 2. The Morgan fingerprint density at radius 1 is 1.11 bits per heavy atom. The Balaban J connectivity index is 1.29. The summed E-state index contributed by atoms with van der Waals surface area (Å²) in [5, 5.41) is 8.61. The highest BCUT2D eigenvalue weighted by atomic mass is 16.5. The Hall–Kier alpha value is -4.27. The van der Waals surface area contributed by atoms with Crippen LogP contribution in [0.25, 0.3) is 22.3 Å². The lowest BCUT2D eigenvalue weighted by Crippen LogP contribution is -2.19. The maximum Gasteiger partial charge on any atom is 0.228 e. The Kier molecular flexibility index (Phi) is 5.82. The SMILES string of the molecule is COc1cc(-c2nn(C3CCC(=O)CC3)c3ncnc(N)c23)ccc1NC(=O)[C@@H]1C[C@H]1c1ccccc1.